The van der Waals surface area contributed by atoms with E-state index in [9.17, 15) is 0 Å². The van der Waals surface area contributed by atoms with Crippen LogP contribution in [-0.2, 0) is 6.54 Å². The van der Waals surface area contributed by atoms with Crippen molar-refractivity contribution >= 4 is 17.7 Å². The van der Waals surface area contributed by atoms with Crippen LogP contribution in [0.3, 0.4) is 0 Å². The molecule has 0 aromatic carbocycles. The summed E-state index contributed by atoms with van der Waals surface area (Å²) in [6, 6.07) is 3.92. The molecule has 0 saturated carbocycles. The number of aromatic nitrogens is 1. The standard InChI is InChI=1S/C17H28N4OS/c1-4-18-17(21-12-15-6-5-9-23-15)20-11-14-7-8-16(19-10-14)22-13(2)3/h7-8,10,13,15H,4-6,9,11-12H2,1-3H3,(H2,18,20,21). The van der Waals surface area contributed by atoms with E-state index in [1.54, 1.807) is 0 Å². The molecule has 1 fully saturated rings. The summed E-state index contributed by atoms with van der Waals surface area (Å²) >= 11 is 2.05. The maximum Gasteiger partial charge on any atom is 0.213 e. The fraction of sp³-hybridized carbons (Fsp3) is 0.647. The van der Waals surface area contributed by atoms with E-state index in [2.05, 4.69) is 39.3 Å². The van der Waals surface area contributed by atoms with Crippen molar-refractivity contribution in [3.63, 3.8) is 0 Å². The second-order valence-electron chi connectivity index (χ2n) is 5.88. The quantitative estimate of drug-likeness (QED) is 0.592. The maximum absolute atomic E-state index is 5.55. The molecule has 1 aliphatic heterocycles. The first-order valence-corrected chi connectivity index (χ1v) is 9.47. The number of hydrogen-bond acceptors (Lipinski definition) is 4. The van der Waals surface area contributed by atoms with E-state index in [0.717, 1.165) is 24.6 Å². The van der Waals surface area contributed by atoms with E-state index in [0.29, 0.717) is 17.7 Å². The molecule has 0 bridgehead atoms. The Balaban J connectivity index is 1.85. The van der Waals surface area contributed by atoms with Gasteiger partial charge in [0.25, 0.3) is 0 Å². The average Bonchev–Trinajstić information content (AvgIpc) is 3.04. The van der Waals surface area contributed by atoms with Gasteiger partial charge in [-0.2, -0.15) is 11.8 Å². The van der Waals surface area contributed by atoms with Crippen LogP contribution in [0.1, 0.15) is 39.2 Å². The van der Waals surface area contributed by atoms with Crippen molar-refractivity contribution in [3.05, 3.63) is 23.9 Å². The number of aliphatic imine (C=N–C) groups is 1. The summed E-state index contributed by atoms with van der Waals surface area (Å²) in [4.78, 5) is 8.96. The molecule has 6 heteroatoms. The summed E-state index contributed by atoms with van der Waals surface area (Å²) in [7, 11) is 0. The van der Waals surface area contributed by atoms with Crippen LogP contribution in [0.25, 0.3) is 0 Å². The highest BCUT2D eigenvalue weighted by molar-refractivity contribution is 8.00. The molecule has 23 heavy (non-hydrogen) atoms. The first-order valence-electron chi connectivity index (χ1n) is 8.42. The summed E-state index contributed by atoms with van der Waals surface area (Å²) in [5.41, 5.74) is 1.08. The van der Waals surface area contributed by atoms with E-state index >= 15 is 0 Å². The Bertz CT molecular complexity index is 484. The Morgan fingerprint density at radius 2 is 2.30 bits per heavy atom. The third kappa shape index (κ3) is 6.69. The molecule has 1 aliphatic rings. The molecule has 0 radical (unpaired) electrons. The zero-order valence-electron chi connectivity index (χ0n) is 14.3. The molecule has 128 valence electrons. The van der Waals surface area contributed by atoms with Gasteiger partial charge >= 0.3 is 0 Å². The Labute approximate surface area is 143 Å². The normalized spacial score (nSPS) is 18.3. The van der Waals surface area contributed by atoms with Crippen molar-refractivity contribution in [1.82, 2.24) is 15.6 Å². The van der Waals surface area contributed by atoms with Crippen LogP contribution >= 0.6 is 11.8 Å². The lowest BCUT2D eigenvalue weighted by molar-refractivity contribution is 0.232. The molecule has 1 atom stereocenters. The molecular weight excluding hydrogens is 308 g/mol. The van der Waals surface area contributed by atoms with Gasteiger partial charge in [-0.25, -0.2) is 9.98 Å². The third-order valence-electron chi connectivity index (χ3n) is 3.44. The summed E-state index contributed by atoms with van der Waals surface area (Å²) < 4.78 is 5.55. The minimum atomic E-state index is 0.143. The first-order chi connectivity index (χ1) is 11.2. The van der Waals surface area contributed by atoms with E-state index < -0.39 is 0 Å². The molecule has 1 unspecified atom stereocenters. The number of ether oxygens (including phenoxy) is 1. The van der Waals surface area contributed by atoms with Crippen LogP contribution in [0.5, 0.6) is 5.88 Å². The van der Waals surface area contributed by atoms with Gasteiger partial charge in [0, 0.05) is 30.6 Å². The van der Waals surface area contributed by atoms with Crippen molar-refractivity contribution in [3.8, 4) is 5.88 Å². The van der Waals surface area contributed by atoms with Crippen molar-refractivity contribution in [1.29, 1.82) is 0 Å². The van der Waals surface area contributed by atoms with Gasteiger partial charge in [0.15, 0.2) is 5.96 Å². The zero-order chi connectivity index (χ0) is 16.5. The van der Waals surface area contributed by atoms with Gasteiger partial charge < -0.3 is 15.4 Å². The van der Waals surface area contributed by atoms with Crippen molar-refractivity contribution in [2.45, 2.75) is 51.5 Å². The minimum absolute atomic E-state index is 0.143. The average molecular weight is 337 g/mol. The number of rotatable bonds is 7. The van der Waals surface area contributed by atoms with Crippen LogP contribution in [0.15, 0.2) is 23.3 Å². The largest absolute Gasteiger partial charge is 0.475 e. The highest BCUT2D eigenvalue weighted by Gasteiger charge is 2.15. The number of nitrogens with zero attached hydrogens (tertiary/aromatic N) is 2. The molecule has 2 N–H and O–H groups in total. The predicted molar refractivity (Wildman–Crippen MR) is 98.3 cm³/mol. The fourth-order valence-electron chi connectivity index (χ4n) is 2.34. The highest BCUT2D eigenvalue weighted by atomic mass is 32.2. The molecule has 1 aromatic rings. The van der Waals surface area contributed by atoms with E-state index in [1.807, 2.05) is 32.2 Å². The zero-order valence-corrected chi connectivity index (χ0v) is 15.2. The van der Waals surface area contributed by atoms with Crippen LogP contribution < -0.4 is 15.4 Å². The molecule has 0 aliphatic carbocycles. The van der Waals surface area contributed by atoms with E-state index in [-0.39, 0.29) is 6.10 Å². The van der Waals surface area contributed by atoms with E-state index in [4.69, 9.17) is 4.74 Å². The minimum Gasteiger partial charge on any atom is -0.475 e. The Kier molecular flexibility index (Phi) is 7.52. The molecular formula is C17H28N4OS. The molecule has 1 saturated heterocycles. The number of pyridine rings is 1. The van der Waals surface area contributed by atoms with Gasteiger partial charge in [0.2, 0.25) is 5.88 Å². The maximum atomic E-state index is 5.55. The van der Waals surface area contributed by atoms with Gasteiger partial charge in [-0.1, -0.05) is 6.07 Å². The van der Waals surface area contributed by atoms with Gasteiger partial charge in [-0.15, -0.1) is 0 Å². The van der Waals surface area contributed by atoms with Crippen molar-refractivity contribution in [2.75, 3.05) is 18.8 Å². The lowest BCUT2D eigenvalue weighted by Crippen LogP contribution is -2.40. The Morgan fingerprint density at radius 3 is 2.91 bits per heavy atom. The van der Waals surface area contributed by atoms with Gasteiger partial charge in [0.05, 0.1) is 12.6 Å². The van der Waals surface area contributed by atoms with Crippen molar-refractivity contribution in [2.24, 2.45) is 4.99 Å². The second-order valence-corrected chi connectivity index (χ2v) is 7.29. The lowest BCUT2D eigenvalue weighted by atomic mass is 10.2. The summed E-state index contributed by atoms with van der Waals surface area (Å²) in [5, 5.41) is 7.46. The number of thioether (sulfide) groups is 1. The van der Waals surface area contributed by atoms with Crippen molar-refractivity contribution < 1.29 is 4.74 Å². The monoisotopic (exact) mass is 336 g/mol. The smallest absolute Gasteiger partial charge is 0.213 e. The topological polar surface area (TPSA) is 58.5 Å². The SMILES string of the molecule is CCNC(=NCc1ccc(OC(C)C)nc1)NCC1CCCS1. The van der Waals surface area contributed by atoms with Crippen LogP contribution in [0.4, 0.5) is 0 Å². The Morgan fingerprint density at radius 1 is 1.43 bits per heavy atom. The molecule has 0 spiro atoms. The van der Waals surface area contributed by atoms with Gasteiger partial charge in [0.1, 0.15) is 0 Å². The molecule has 0 amide bonds. The number of hydrogen-bond donors (Lipinski definition) is 2. The van der Waals surface area contributed by atoms with Crippen LogP contribution in [-0.4, -0.2) is 41.1 Å². The first kappa shape index (κ1) is 17.9. The molecule has 2 heterocycles. The second kappa shape index (κ2) is 9.65. The summed E-state index contributed by atoms with van der Waals surface area (Å²) in [5.74, 6) is 2.83. The van der Waals surface area contributed by atoms with Gasteiger partial charge in [-0.3, -0.25) is 0 Å². The summed E-state index contributed by atoms with van der Waals surface area (Å²) in [6.45, 7) is 8.54. The lowest BCUT2D eigenvalue weighted by Gasteiger charge is -2.14. The molecule has 2 rings (SSSR count). The third-order valence-corrected chi connectivity index (χ3v) is 4.84. The highest BCUT2D eigenvalue weighted by Crippen LogP contribution is 2.25. The van der Waals surface area contributed by atoms with Gasteiger partial charge in [-0.05, 0) is 44.9 Å². The number of nitrogens with one attached hydrogen (secondary N) is 2. The molecule has 1 aromatic heterocycles. The van der Waals surface area contributed by atoms with Crippen LogP contribution in [0, 0.1) is 0 Å². The molecule has 5 nitrogen and oxygen atoms in total. The number of guanidine groups is 1. The van der Waals surface area contributed by atoms with Crippen LogP contribution in [0.2, 0.25) is 0 Å². The van der Waals surface area contributed by atoms with E-state index in [1.165, 1.54) is 18.6 Å². The fourth-order valence-corrected chi connectivity index (χ4v) is 3.54. The summed E-state index contributed by atoms with van der Waals surface area (Å²) in [6.07, 6.45) is 4.61. The Hall–Kier alpha value is -1.43. The predicted octanol–water partition coefficient (Wildman–Crippen LogP) is 2.82.